The van der Waals surface area contributed by atoms with E-state index in [1.807, 2.05) is 0 Å². The summed E-state index contributed by atoms with van der Waals surface area (Å²) in [5.74, 6) is 0. The van der Waals surface area contributed by atoms with Crippen molar-refractivity contribution in [1.29, 1.82) is 5.26 Å². The SMILES string of the molecule is C#N.O=S(=O)(O)O.[Zn]. The molecule has 0 bridgehead atoms. The van der Waals surface area contributed by atoms with Gasteiger partial charge in [-0.2, -0.15) is 8.42 Å². The molecule has 0 spiro atoms. The molecule has 5 nitrogen and oxygen atoms in total. The van der Waals surface area contributed by atoms with Gasteiger partial charge in [-0.3, -0.25) is 9.11 Å². The Kier molecular flexibility index (Phi) is 13.7. The molecule has 0 aromatic carbocycles. The predicted molar refractivity (Wildman–Crippen MR) is 20.8 cm³/mol. The van der Waals surface area contributed by atoms with Gasteiger partial charge in [0.05, 0.1) is 0 Å². The molecule has 2 N–H and O–H groups in total. The van der Waals surface area contributed by atoms with Gasteiger partial charge in [0.1, 0.15) is 0 Å². The van der Waals surface area contributed by atoms with E-state index in [0.29, 0.717) is 0 Å². The van der Waals surface area contributed by atoms with Crippen LogP contribution < -0.4 is 0 Å². The standard InChI is InChI=1S/CHN.H2O4S.Zn/c1-2;1-5(2,3)4;/h1H;(H2,1,2,3,4);. The molecule has 0 rings (SSSR count). The van der Waals surface area contributed by atoms with E-state index >= 15 is 0 Å². The Bertz CT molecular complexity index is 127. The molecule has 0 aliphatic heterocycles. The summed E-state index contributed by atoms with van der Waals surface area (Å²) in [5.41, 5.74) is 0. The second kappa shape index (κ2) is 6.98. The van der Waals surface area contributed by atoms with Crippen molar-refractivity contribution in [3.8, 4) is 6.57 Å². The van der Waals surface area contributed by atoms with Crippen LogP contribution >= 0.6 is 0 Å². The zero-order chi connectivity index (χ0) is 6.50. The second-order valence-electron chi connectivity index (χ2n) is 0.448. The summed E-state index contributed by atoms with van der Waals surface area (Å²) in [5, 5.41) is 6.50. The van der Waals surface area contributed by atoms with Gasteiger partial charge in [-0.1, -0.05) is 0 Å². The number of nitriles is 1. The fraction of sp³-hybridized carbons (Fsp3) is 0. The summed E-state index contributed by atoms with van der Waals surface area (Å²) in [7, 11) is -4.67. The molecular formula is CH3NO4SZn. The van der Waals surface area contributed by atoms with Crippen molar-refractivity contribution in [3.05, 3.63) is 0 Å². The molecule has 0 aliphatic carbocycles. The van der Waals surface area contributed by atoms with Crippen LogP contribution in [0.15, 0.2) is 0 Å². The molecule has 0 amide bonds. The summed E-state index contributed by atoms with van der Waals surface area (Å²) in [6, 6.07) is 0. The van der Waals surface area contributed by atoms with Crippen molar-refractivity contribution in [3.63, 3.8) is 0 Å². The van der Waals surface area contributed by atoms with Crippen LogP contribution in [0.4, 0.5) is 0 Å². The first-order valence-corrected chi connectivity index (χ1v) is 2.35. The van der Waals surface area contributed by atoms with Gasteiger partial charge in [-0.05, 0) is 0 Å². The van der Waals surface area contributed by atoms with Crippen LogP contribution in [0.2, 0.25) is 0 Å². The predicted octanol–water partition coefficient (Wildman–Crippen LogP) is -0.516. The van der Waals surface area contributed by atoms with Gasteiger partial charge in [-0.15, -0.1) is 0 Å². The third kappa shape index (κ3) is 538000. The van der Waals surface area contributed by atoms with Gasteiger partial charge >= 0.3 is 10.4 Å². The molecule has 0 aliphatic rings. The normalized spacial score (nSPS) is 7.50. The van der Waals surface area contributed by atoms with E-state index in [4.69, 9.17) is 22.8 Å². The molecule has 0 saturated heterocycles. The van der Waals surface area contributed by atoms with Crippen molar-refractivity contribution in [1.82, 2.24) is 0 Å². The van der Waals surface area contributed by atoms with E-state index in [1.165, 1.54) is 0 Å². The molecule has 0 aromatic rings. The number of hydrogen-bond donors (Lipinski definition) is 2. The molecule has 0 saturated carbocycles. The van der Waals surface area contributed by atoms with Crippen molar-refractivity contribution in [2.24, 2.45) is 0 Å². The van der Waals surface area contributed by atoms with Gasteiger partial charge in [0, 0.05) is 26.1 Å². The van der Waals surface area contributed by atoms with Crippen molar-refractivity contribution < 1.29 is 37.0 Å². The molecule has 8 heavy (non-hydrogen) atoms. The fourth-order valence-electron chi connectivity index (χ4n) is 0. The van der Waals surface area contributed by atoms with Crippen LogP contribution in [0.1, 0.15) is 0 Å². The van der Waals surface area contributed by atoms with Crippen LogP contribution in [0, 0.1) is 11.8 Å². The number of rotatable bonds is 0. The maximum Gasteiger partial charge on any atom is 0.394 e. The van der Waals surface area contributed by atoms with Crippen LogP contribution in [0.5, 0.6) is 0 Å². The fourth-order valence-corrected chi connectivity index (χ4v) is 0. The van der Waals surface area contributed by atoms with E-state index < -0.39 is 10.4 Å². The third-order valence-corrected chi connectivity index (χ3v) is 0. The Morgan fingerprint density at radius 1 is 1.25 bits per heavy atom. The first-order valence-electron chi connectivity index (χ1n) is 0.957. The third-order valence-electron chi connectivity index (χ3n) is 0. The van der Waals surface area contributed by atoms with E-state index in [-0.39, 0.29) is 19.5 Å². The van der Waals surface area contributed by atoms with E-state index in [9.17, 15) is 0 Å². The minimum absolute atomic E-state index is 0. The summed E-state index contributed by atoms with van der Waals surface area (Å²) >= 11 is 0. The van der Waals surface area contributed by atoms with Crippen LogP contribution in [-0.4, -0.2) is 17.5 Å². The van der Waals surface area contributed by atoms with Gasteiger partial charge < -0.3 is 0 Å². The average molecular weight is 190 g/mol. The van der Waals surface area contributed by atoms with Gasteiger partial charge in [0.15, 0.2) is 0 Å². The minimum atomic E-state index is -4.67. The van der Waals surface area contributed by atoms with Crippen LogP contribution in [0.25, 0.3) is 0 Å². The van der Waals surface area contributed by atoms with E-state index in [1.54, 1.807) is 0 Å². The summed E-state index contributed by atoms with van der Waals surface area (Å²) in [6.07, 6.45) is 0. The first kappa shape index (κ1) is 15.7. The minimum Gasteiger partial charge on any atom is -0.264 e. The monoisotopic (exact) mass is 189 g/mol. The Hall–Kier alpha value is -0.0166. The number of nitrogens with zero attached hydrogens (tertiary/aromatic N) is 1. The zero-order valence-electron chi connectivity index (χ0n) is 3.85. The molecule has 0 fully saturated rings. The van der Waals surface area contributed by atoms with Crippen LogP contribution in [-0.2, 0) is 29.9 Å². The first-order chi connectivity index (χ1) is 3.00. The van der Waals surface area contributed by atoms with Gasteiger partial charge in [0.25, 0.3) is 0 Å². The molecule has 0 radical (unpaired) electrons. The maximum atomic E-state index is 8.74. The zero-order valence-corrected chi connectivity index (χ0v) is 7.63. The van der Waals surface area contributed by atoms with E-state index in [0.717, 1.165) is 0 Å². The van der Waals surface area contributed by atoms with Crippen molar-refractivity contribution in [2.45, 2.75) is 0 Å². The van der Waals surface area contributed by atoms with E-state index in [2.05, 4.69) is 6.57 Å². The molecule has 44 valence electrons. The van der Waals surface area contributed by atoms with Crippen molar-refractivity contribution in [2.75, 3.05) is 0 Å². The van der Waals surface area contributed by atoms with Crippen molar-refractivity contribution >= 4 is 10.4 Å². The smallest absolute Gasteiger partial charge is 0.264 e. The largest absolute Gasteiger partial charge is 0.394 e. The molecule has 0 unspecified atom stereocenters. The topological polar surface area (TPSA) is 98.4 Å². The molecule has 0 aromatic heterocycles. The molecule has 0 heterocycles. The Balaban J connectivity index is -0.0000000750. The molecule has 7 heteroatoms. The Morgan fingerprint density at radius 3 is 1.25 bits per heavy atom. The summed E-state index contributed by atoms with van der Waals surface area (Å²) in [6.45, 7) is 3.50. The number of hydrogen-bond acceptors (Lipinski definition) is 3. The van der Waals surface area contributed by atoms with Gasteiger partial charge in [-0.25, -0.2) is 5.26 Å². The maximum absolute atomic E-state index is 8.74. The second-order valence-corrected chi connectivity index (χ2v) is 1.34. The Morgan fingerprint density at radius 2 is 1.25 bits per heavy atom. The van der Waals surface area contributed by atoms with Gasteiger partial charge in [0.2, 0.25) is 0 Å². The molecule has 0 atom stereocenters. The summed E-state index contributed by atoms with van der Waals surface area (Å²) in [4.78, 5) is 0. The quantitative estimate of drug-likeness (QED) is 0.396. The molecular weight excluding hydrogens is 187 g/mol. The van der Waals surface area contributed by atoms with Crippen LogP contribution in [0.3, 0.4) is 0 Å². The summed E-state index contributed by atoms with van der Waals surface area (Å²) < 4.78 is 31.6. The Labute approximate surface area is 59.7 Å². The average Bonchev–Trinajstić information content (AvgIpc) is 1.36.